The van der Waals surface area contributed by atoms with Crippen molar-refractivity contribution in [2.45, 2.75) is 36.8 Å². The van der Waals surface area contributed by atoms with Crippen molar-refractivity contribution in [1.82, 2.24) is 0 Å². The minimum Gasteiger partial charge on any atom is -0.493 e. The van der Waals surface area contributed by atoms with E-state index in [0.717, 1.165) is 0 Å². The third kappa shape index (κ3) is 6.04. The van der Waals surface area contributed by atoms with Crippen LogP contribution in [0.4, 0.5) is 0 Å². The Kier molecular flexibility index (Phi) is 10.6. The smallest absolute Gasteiger partial charge is 0.203 e. The van der Waals surface area contributed by atoms with Gasteiger partial charge in [0, 0.05) is 18.4 Å². The summed E-state index contributed by atoms with van der Waals surface area (Å²) in [5.41, 5.74) is 1.32. The fourth-order valence-corrected chi connectivity index (χ4v) is 5.57. The number of rotatable bonds is 12. The SMILES string of the molecule is COc1cc([C@H]2O[C@H](c3cc(OC)c(OC)c(OC)c3)[C@@H](CO[C@@H]3OC[C@@H](O)[C@H](O)[C@H]3O)[C@@H]2CO)cc(OC)c1OC. The predicted molar refractivity (Wildman–Crippen MR) is 147 cm³/mol. The van der Waals surface area contributed by atoms with Crippen LogP contribution in [-0.4, -0.2) is 108 Å². The van der Waals surface area contributed by atoms with Crippen molar-refractivity contribution in [2.24, 2.45) is 11.8 Å². The lowest BCUT2D eigenvalue weighted by Crippen LogP contribution is -2.54. The summed E-state index contributed by atoms with van der Waals surface area (Å²) in [5.74, 6) is 1.46. The zero-order valence-corrected chi connectivity index (χ0v) is 24.5. The molecule has 13 nitrogen and oxygen atoms in total. The van der Waals surface area contributed by atoms with Gasteiger partial charge < -0.3 is 63.1 Å². The van der Waals surface area contributed by atoms with Gasteiger partial charge in [0.05, 0.1) is 68.1 Å². The summed E-state index contributed by atoms with van der Waals surface area (Å²) in [6, 6.07) is 7.04. The van der Waals surface area contributed by atoms with Crippen LogP contribution < -0.4 is 28.4 Å². The van der Waals surface area contributed by atoms with Crippen LogP contribution in [0.25, 0.3) is 0 Å². The molecule has 2 aromatic rings. The summed E-state index contributed by atoms with van der Waals surface area (Å²) in [5, 5.41) is 41.1. The normalized spacial score (nSPS) is 29.2. The molecule has 0 aromatic heterocycles. The summed E-state index contributed by atoms with van der Waals surface area (Å²) in [6.45, 7) is -0.540. The van der Waals surface area contributed by atoms with Gasteiger partial charge in [-0.05, 0) is 35.4 Å². The molecule has 2 saturated heterocycles. The first-order valence-corrected chi connectivity index (χ1v) is 13.4. The number of hydrogen-bond donors (Lipinski definition) is 4. The standard InChI is InChI=1S/C29H40O13/c1-34-19-7-14(8-20(35-2)27(19)38-5)25-16(11-30)17(12-40-29-24(33)23(32)18(31)13-41-29)26(42-25)15-9-21(36-3)28(39-6)22(10-15)37-4/h7-10,16-18,23-26,29-33H,11-13H2,1-6H3/t16-,17-,18+,23-,24+,25+,26+,29+/m0/s1. The highest BCUT2D eigenvalue weighted by atomic mass is 16.7. The average molecular weight is 597 g/mol. The molecule has 13 heteroatoms. The zero-order valence-electron chi connectivity index (χ0n) is 24.5. The van der Waals surface area contributed by atoms with Crippen LogP contribution in [0.2, 0.25) is 0 Å². The molecule has 2 aliphatic rings. The van der Waals surface area contributed by atoms with Gasteiger partial charge in [-0.25, -0.2) is 0 Å². The van der Waals surface area contributed by atoms with E-state index in [1.807, 2.05) is 0 Å². The molecule has 0 radical (unpaired) electrons. The highest BCUT2D eigenvalue weighted by molar-refractivity contribution is 5.56. The van der Waals surface area contributed by atoms with Crippen LogP contribution in [0.3, 0.4) is 0 Å². The van der Waals surface area contributed by atoms with Gasteiger partial charge in [-0.3, -0.25) is 0 Å². The molecule has 234 valence electrons. The van der Waals surface area contributed by atoms with E-state index in [1.165, 1.54) is 42.7 Å². The summed E-state index contributed by atoms with van der Waals surface area (Å²) in [7, 11) is 9.05. The van der Waals surface area contributed by atoms with Gasteiger partial charge in [0.25, 0.3) is 0 Å². The topological polar surface area (TPSA) is 164 Å². The molecule has 8 atom stereocenters. The number of hydrogen-bond acceptors (Lipinski definition) is 13. The summed E-state index contributed by atoms with van der Waals surface area (Å²) >= 11 is 0. The Morgan fingerprint density at radius 2 is 1.12 bits per heavy atom. The second-order valence-corrected chi connectivity index (χ2v) is 9.99. The van der Waals surface area contributed by atoms with Crippen LogP contribution in [0.15, 0.2) is 24.3 Å². The Labute approximate surface area is 244 Å². The van der Waals surface area contributed by atoms with Crippen LogP contribution in [-0.2, 0) is 14.2 Å². The van der Waals surface area contributed by atoms with Gasteiger partial charge in [0.1, 0.15) is 18.3 Å². The van der Waals surface area contributed by atoms with Gasteiger partial charge in [0.15, 0.2) is 29.3 Å². The van der Waals surface area contributed by atoms with Gasteiger partial charge in [-0.1, -0.05) is 0 Å². The molecular formula is C29H40O13. The maximum atomic E-state index is 10.7. The van der Waals surface area contributed by atoms with Crippen LogP contribution in [0.1, 0.15) is 23.3 Å². The third-order valence-electron chi connectivity index (χ3n) is 7.77. The average Bonchev–Trinajstić information content (AvgIpc) is 3.40. The Morgan fingerprint density at radius 3 is 1.52 bits per heavy atom. The fraction of sp³-hybridized carbons (Fsp3) is 0.586. The first kappa shape index (κ1) is 31.9. The molecule has 0 saturated carbocycles. The monoisotopic (exact) mass is 596 g/mol. The molecule has 2 aliphatic heterocycles. The molecule has 0 spiro atoms. The molecule has 0 bridgehead atoms. The first-order chi connectivity index (χ1) is 20.3. The van der Waals surface area contributed by atoms with Crippen molar-refractivity contribution in [2.75, 3.05) is 62.5 Å². The van der Waals surface area contributed by atoms with E-state index in [2.05, 4.69) is 0 Å². The van der Waals surface area contributed by atoms with E-state index >= 15 is 0 Å². The molecular weight excluding hydrogens is 556 g/mol. The van der Waals surface area contributed by atoms with Crippen molar-refractivity contribution in [3.8, 4) is 34.5 Å². The molecule has 2 heterocycles. The lowest BCUT2D eigenvalue weighted by Gasteiger charge is -2.36. The van der Waals surface area contributed by atoms with Crippen LogP contribution >= 0.6 is 0 Å². The van der Waals surface area contributed by atoms with E-state index in [1.54, 1.807) is 24.3 Å². The minimum atomic E-state index is -1.48. The molecule has 0 amide bonds. The van der Waals surface area contributed by atoms with Crippen molar-refractivity contribution in [3.63, 3.8) is 0 Å². The summed E-state index contributed by atoms with van der Waals surface area (Å²) < 4.78 is 51.2. The minimum absolute atomic E-state index is 0.0436. The van der Waals surface area contributed by atoms with E-state index in [0.29, 0.717) is 45.6 Å². The van der Waals surface area contributed by atoms with E-state index < -0.39 is 48.6 Å². The quantitative estimate of drug-likeness (QED) is 0.277. The fourth-order valence-electron chi connectivity index (χ4n) is 5.57. The maximum absolute atomic E-state index is 10.7. The second-order valence-electron chi connectivity index (χ2n) is 9.99. The molecule has 0 unspecified atom stereocenters. The molecule has 42 heavy (non-hydrogen) atoms. The molecule has 2 fully saturated rings. The Hall–Kier alpha value is -3.04. The maximum Gasteiger partial charge on any atom is 0.203 e. The largest absolute Gasteiger partial charge is 0.493 e. The van der Waals surface area contributed by atoms with E-state index in [9.17, 15) is 20.4 Å². The molecule has 0 aliphatic carbocycles. The Balaban J connectivity index is 1.76. The highest BCUT2D eigenvalue weighted by Gasteiger charge is 2.48. The van der Waals surface area contributed by atoms with Crippen molar-refractivity contribution < 1.29 is 63.1 Å². The van der Waals surface area contributed by atoms with Crippen molar-refractivity contribution in [3.05, 3.63) is 35.4 Å². The number of ether oxygens (including phenoxy) is 9. The van der Waals surface area contributed by atoms with Crippen LogP contribution in [0, 0.1) is 11.8 Å². The molecule has 4 N–H and O–H groups in total. The van der Waals surface area contributed by atoms with Crippen molar-refractivity contribution >= 4 is 0 Å². The number of aliphatic hydroxyl groups is 4. The van der Waals surface area contributed by atoms with E-state index in [4.69, 9.17) is 42.6 Å². The third-order valence-corrected chi connectivity index (χ3v) is 7.77. The number of methoxy groups -OCH3 is 6. The lowest BCUT2D eigenvalue weighted by atomic mass is 9.83. The number of benzene rings is 2. The Morgan fingerprint density at radius 1 is 0.667 bits per heavy atom. The predicted octanol–water partition coefficient (Wildman–Crippen LogP) is 1.23. The Bertz CT molecular complexity index is 1140. The van der Waals surface area contributed by atoms with Gasteiger partial charge in [-0.2, -0.15) is 0 Å². The van der Waals surface area contributed by atoms with Gasteiger partial charge in [-0.15, -0.1) is 0 Å². The molecule has 2 aromatic carbocycles. The lowest BCUT2D eigenvalue weighted by molar-refractivity contribution is -0.274. The second kappa shape index (κ2) is 14.0. The summed E-state index contributed by atoms with van der Waals surface area (Å²) in [6.07, 6.45) is -6.69. The summed E-state index contributed by atoms with van der Waals surface area (Å²) in [4.78, 5) is 0. The van der Waals surface area contributed by atoms with Gasteiger partial charge >= 0.3 is 0 Å². The van der Waals surface area contributed by atoms with Gasteiger partial charge in [0.2, 0.25) is 11.5 Å². The van der Waals surface area contributed by atoms with E-state index in [-0.39, 0.29) is 19.8 Å². The van der Waals surface area contributed by atoms with Crippen molar-refractivity contribution in [1.29, 1.82) is 0 Å². The number of aliphatic hydroxyl groups excluding tert-OH is 4. The van der Waals surface area contributed by atoms with Crippen LogP contribution in [0.5, 0.6) is 34.5 Å². The first-order valence-electron chi connectivity index (χ1n) is 13.4. The highest BCUT2D eigenvalue weighted by Crippen LogP contribution is 2.53. The zero-order chi connectivity index (χ0) is 30.6. The molecule has 4 rings (SSSR count).